The number of ether oxygens (including phenoxy) is 1. The van der Waals surface area contributed by atoms with Gasteiger partial charge in [-0.3, -0.25) is 9.36 Å². The largest absolute Gasteiger partial charge is 0.479 e. The smallest absolute Gasteiger partial charge is 0.431 e. The molecule has 2 rings (SSSR count). The van der Waals surface area contributed by atoms with Crippen LogP contribution in [0.15, 0.2) is 45.8 Å². The molecule has 0 spiro atoms. The van der Waals surface area contributed by atoms with Crippen molar-refractivity contribution >= 4 is 33.9 Å². The Hall–Kier alpha value is -2.80. The summed E-state index contributed by atoms with van der Waals surface area (Å²) in [4.78, 5) is 49.1. The van der Waals surface area contributed by atoms with Crippen LogP contribution in [0, 0.1) is 5.92 Å². The van der Waals surface area contributed by atoms with Crippen molar-refractivity contribution < 1.29 is 37.0 Å². The van der Waals surface area contributed by atoms with Gasteiger partial charge in [-0.15, -0.1) is 6.58 Å². The van der Waals surface area contributed by atoms with Crippen LogP contribution in [0.3, 0.4) is 0 Å². The zero-order valence-corrected chi connectivity index (χ0v) is 19.2. The molecule has 8 nitrogen and oxygen atoms in total. The van der Waals surface area contributed by atoms with E-state index < -0.39 is 62.0 Å². The summed E-state index contributed by atoms with van der Waals surface area (Å²) in [6, 6.07) is 0.0767. The number of carboxylic acids is 1. The first-order chi connectivity index (χ1) is 15.1. The maximum atomic E-state index is 15.7. The highest BCUT2D eigenvalue weighted by atomic mass is 79.9. The topological polar surface area (TPSA) is 108 Å². The lowest BCUT2D eigenvalue weighted by Crippen LogP contribution is -2.59. The number of nitrogens with zero attached hydrogens (tertiary/aromatic N) is 2. The van der Waals surface area contributed by atoms with E-state index in [1.807, 2.05) is 0 Å². The SMILES string of the molecule is C=CCOC1(C(=O)O)C=C(n2c(=O)cc(C(F)(F)F)n(C)c2=O)C(F)=C(C(C)C=O)C1(C)Br. The number of aliphatic carboxylic acids is 1. The molecule has 180 valence electrons. The Kier molecular flexibility index (Phi) is 7.10. The molecule has 0 aromatic carbocycles. The molecule has 1 aromatic heterocycles. The second-order valence-corrected chi connectivity index (χ2v) is 8.95. The molecule has 0 amide bonds. The van der Waals surface area contributed by atoms with Crippen LogP contribution in [0.25, 0.3) is 5.70 Å². The molecular formula is C20H19BrF4N2O6. The molecule has 3 atom stereocenters. The molecule has 1 heterocycles. The molecule has 1 aliphatic carbocycles. The predicted octanol–water partition coefficient (Wildman–Crippen LogP) is 2.66. The van der Waals surface area contributed by atoms with E-state index in [9.17, 15) is 37.5 Å². The van der Waals surface area contributed by atoms with Crippen LogP contribution in [-0.4, -0.2) is 43.0 Å². The molecule has 1 aliphatic rings. The van der Waals surface area contributed by atoms with Gasteiger partial charge in [-0.1, -0.05) is 28.9 Å². The van der Waals surface area contributed by atoms with Gasteiger partial charge in [0.05, 0.1) is 16.6 Å². The minimum atomic E-state index is -5.06. The highest BCUT2D eigenvalue weighted by molar-refractivity contribution is 9.10. The Labute approximate surface area is 192 Å². The van der Waals surface area contributed by atoms with Gasteiger partial charge >= 0.3 is 17.8 Å². The van der Waals surface area contributed by atoms with Gasteiger partial charge in [0.15, 0.2) is 0 Å². The van der Waals surface area contributed by atoms with Crippen molar-refractivity contribution in [3.05, 3.63) is 62.7 Å². The van der Waals surface area contributed by atoms with Crippen molar-refractivity contribution in [2.45, 2.75) is 29.9 Å². The molecule has 33 heavy (non-hydrogen) atoms. The van der Waals surface area contributed by atoms with Gasteiger partial charge in [-0.25, -0.2) is 18.5 Å². The van der Waals surface area contributed by atoms with E-state index in [1.54, 1.807) is 0 Å². The summed E-state index contributed by atoms with van der Waals surface area (Å²) in [6.45, 7) is 5.46. The Morgan fingerprint density at radius 2 is 1.97 bits per heavy atom. The van der Waals surface area contributed by atoms with Crippen LogP contribution in [0.4, 0.5) is 17.6 Å². The number of allylic oxidation sites excluding steroid dienone is 2. The number of hydrogen-bond acceptors (Lipinski definition) is 5. The first-order valence-electron chi connectivity index (χ1n) is 9.25. The van der Waals surface area contributed by atoms with E-state index in [-0.39, 0.29) is 21.8 Å². The predicted molar refractivity (Wildman–Crippen MR) is 112 cm³/mol. The third-order valence-corrected chi connectivity index (χ3v) is 6.28. The molecule has 0 bridgehead atoms. The molecule has 0 radical (unpaired) electrons. The van der Waals surface area contributed by atoms with Crippen molar-refractivity contribution in [1.29, 1.82) is 0 Å². The molecule has 0 aliphatic heterocycles. The summed E-state index contributed by atoms with van der Waals surface area (Å²) in [7, 11) is 0.717. The highest BCUT2D eigenvalue weighted by Gasteiger charge is 2.59. The van der Waals surface area contributed by atoms with E-state index >= 15 is 4.39 Å². The Morgan fingerprint density at radius 1 is 1.39 bits per heavy atom. The van der Waals surface area contributed by atoms with Gasteiger partial charge < -0.3 is 14.6 Å². The van der Waals surface area contributed by atoms with Crippen molar-refractivity contribution in [3.8, 4) is 0 Å². The second-order valence-electron chi connectivity index (χ2n) is 7.37. The van der Waals surface area contributed by atoms with Gasteiger partial charge in [-0.05, 0) is 18.6 Å². The Bertz CT molecular complexity index is 1190. The van der Waals surface area contributed by atoms with Gasteiger partial charge in [0.25, 0.3) is 5.56 Å². The Morgan fingerprint density at radius 3 is 2.42 bits per heavy atom. The van der Waals surface area contributed by atoms with E-state index in [4.69, 9.17) is 4.74 Å². The summed E-state index contributed by atoms with van der Waals surface area (Å²) >= 11 is 3.12. The minimum absolute atomic E-state index is 0.0549. The number of alkyl halides is 4. The fourth-order valence-electron chi connectivity index (χ4n) is 3.61. The van der Waals surface area contributed by atoms with E-state index in [0.29, 0.717) is 19.4 Å². The standard InChI is InChI=1S/C20H19BrF4N2O6/c1-5-6-33-19(16(30)31)8-11(15(22)14(10(2)9-28)18(19,3)21)27-13(29)7-12(20(23,24)25)26(4)17(27)32/h5,7-10H,1,6H2,2-4H3,(H,30,31). The van der Waals surface area contributed by atoms with Gasteiger partial charge in [-0.2, -0.15) is 13.2 Å². The number of hydrogen-bond donors (Lipinski definition) is 1. The molecule has 0 fully saturated rings. The lowest BCUT2D eigenvalue weighted by Gasteiger charge is -2.45. The lowest BCUT2D eigenvalue weighted by atomic mass is 9.73. The first-order valence-corrected chi connectivity index (χ1v) is 10.0. The second kappa shape index (κ2) is 8.86. The molecule has 13 heteroatoms. The quantitative estimate of drug-likeness (QED) is 0.247. The number of aromatic nitrogens is 2. The number of aldehydes is 1. The zero-order chi connectivity index (χ0) is 25.5. The van der Waals surface area contributed by atoms with E-state index in [1.165, 1.54) is 19.9 Å². The van der Waals surface area contributed by atoms with E-state index in [0.717, 1.165) is 0 Å². The van der Waals surface area contributed by atoms with Crippen molar-refractivity contribution in [2.24, 2.45) is 13.0 Å². The number of carboxylic acid groups (broad SMARTS) is 1. The average Bonchev–Trinajstić information content (AvgIpc) is 2.70. The fraction of sp³-hybridized carbons (Fsp3) is 0.400. The summed E-state index contributed by atoms with van der Waals surface area (Å²) in [5.41, 5.74) is -8.70. The minimum Gasteiger partial charge on any atom is -0.479 e. The highest BCUT2D eigenvalue weighted by Crippen LogP contribution is 2.51. The molecule has 1 N–H and O–H groups in total. The molecule has 0 saturated carbocycles. The fourth-order valence-corrected chi connectivity index (χ4v) is 4.54. The normalized spacial score (nSPS) is 24.3. The average molecular weight is 539 g/mol. The lowest BCUT2D eigenvalue weighted by molar-refractivity contribution is -0.160. The first kappa shape index (κ1) is 26.5. The molecular weight excluding hydrogens is 520 g/mol. The van der Waals surface area contributed by atoms with Crippen LogP contribution in [0.2, 0.25) is 0 Å². The summed E-state index contributed by atoms with van der Waals surface area (Å²) in [5.74, 6) is -4.31. The van der Waals surface area contributed by atoms with Crippen LogP contribution in [0.1, 0.15) is 19.5 Å². The molecule has 1 aromatic rings. The number of halogens is 5. The summed E-state index contributed by atoms with van der Waals surface area (Å²) in [5, 5.41) is 10.0. The van der Waals surface area contributed by atoms with Crippen molar-refractivity contribution in [2.75, 3.05) is 6.61 Å². The number of rotatable bonds is 7. The molecule has 3 unspecified atom stereocenters. The Balaban J connectivity index is 3.07. The van der Waals surface area contributed by atoms with Gasteiger partial charge in [0, 0.05) is 19.0 Å². The maximum Gasteiger partial charge on any atom is 0.431 e. The van der Waals surface area contributed by atoms with Crippen molar-refractivity contribution in [3.63, 3.8) is 0 Å². The number of carbonyl (C=O) groups excluding carboxylic acids is 1. The van der Waals surface area contributed by atoms with Crippen LogP contribution in [0.5, 0.6) is 0 Å². The van der Waals surface area contributed by atoms with Crippen LogP contribution in [-0.2, 0) is 27.5 Å². The van der Waals surface area contributed by atoms with Gasteiger partial charge in [0.2, 0.25) is 5.60 Å². The monoisotopic (exact) mass is 538 g/mol. The maximum absolute atomic E-state index is 15.7. The van der Waals surface area contributed by atoms with Crippen molar-refractivity contribution in [1.82, 2.24) is 9.13 Å². The third kappa shape index (κ3) is 4.14. The van der Waals surface area contributed by atoms with Crippen LogP contribution < -0.4 is 11.2 Å². The third-order valence-electron chi connectivity index (χ3n) is 5.26. The summed E-state index contributed by atoms with van der Waals surface area (Å²) < 4.78 is 58.9. The van der Waals surface area contributed by atoms with Crippen LogP contribution >= 0.6 is 15.9 Å². The zero-order valence-electron chi connectivity index (χ0n) is 17.6. The van der Waals surface area contributed by atoms with E-state index in [2.05, 4.69) is 22.5 Å². The molecule has 0 saturated heterocycles. The summed E-state index contributed by atoms with van der Waals surface area (Å²) in [6.07, 6.45) is -2.97. The van der Waals surface area contributed by atoms with Gasteiger partial charge in [0.1, 0.15) is 17.8 Å². The number of carbonyl (C=O) groups is 2.